The van der Waals surface area contributed by atoms with Gasteiger partial charge >= 0.3 is 0 Å². The average Bonchev–Trinajstić information content (AvgIpc) is 3.38. The highest BCUT2D eigenvalue weighted by Crippen LogP contribution is 2.23. The largest absolute Gasteiger partial charge is 0.377 e. The number of ether oxygens (including phenoxy) is 1. The molecule has 1 saturated heterocycles. The first kappa shape index (κ1) is 17.7. The van der Waals surface area contributed by atoms with Crippen LogP contribution in [0.15, 0.2) is 35.4 Å². The predicted octanol–water partition coefficient (Wildman–Crippen LogP) is 1.14. The van der Waals surface area contributed by atoms with Gasteiger partial charge in [0.15, 0.2) is 5.65 Å². The van der Waals surface area contributed by atoms with Crippen molar-refractivity contribution in [2.24, 2.45) is 0 Å². The summed E-state index contributed by atoms with van der Waals surface area (Å²) in [6.45, 7) is 1.07. The highest BCUT2D eigenvalue weighted by Gasteiger charge is 2.26. The number of hydrogen-bond donors (Lipinski definition) is 3. The zero-order chi connectivity index (χ0) is 20.0. The number of pyridine rings is 1. The molecule has 5 rings (SSSR count). The van der Waals surface area contributed by atoms with Gasteiger partial charge in [-0.2, -0.15) is 9.61 Å². The summed E-state index contributed by atoms with van der Waals surface area (Å²) >= 11 is 0. The first-order valence-electron chi connectivity index (χ1n) is 9.57. The van der Waals surface area contributed by atoms with Crippen LogP contribution in [0.2, 0.25) is 0 Å². The third-order valence-corrected chi connectivity index (χ3v) is 5.14. The number of hydrogen-bond acceptors (Lipinski definition) is 7. The van der Waals surface area contributed by atoms with Crippen molar-refractivity contribution in [2.75, 3.05) is 30.9 Å². The van der Waals surface area contributed by atoms with E-state index in [1.165, 1.54) is 6.20 Å². The van der Waals surface area contributed by atoms with Crippen LogP contribution < -0.4 is 21.5 Å². The Bertz CT molecular complexity index is 1140. The Hall–Kier alpha value is -3.40. The highest BCUT2D eigenvalue weighted by atomic mass is 16.5. The van der Waals surface area contributed by atoms with Crippen LogP contribution in [0.5, 0.6) is 0 Å². The van der Waals surface area contributed by atoms with Crippen LogP contribution in [0.1, 0.15) is 29.2 Å². The Kier molecular flexibility index (Phi) is 4.20. The number of amides is 1. The van der Waals surface area contributed by atoms with Crippen molar-refractivity contribution in [3.05, 3.63) is 46.5 Å². The number of carbonyl (C=O) groups is 1. The molecule has 150 valence electrons. The van der Waals surface area contributed by atoms with E-state index < -0.39 is 0 Å². The molecule has 1 aliphatic heterocycles. The molecule has 0 radical (unpaired) electrons. The van der Waals surface area contributed by atoms with Crippen molar-refractivity contribution in [1.82, 2.24) is 24.5 Å². The summed E-state index contributed by atoms with van der Waals surface area (Å²) in [5, 5.41) is 13.4. The van der Waals surface area contributed by atoms with E-state index in [9.17, 15) is 9.59 Å². The summed E-state index contributed by atoms with van der Waals surface area (Å²) in [5.74, 6) is 0.899. The van der Waals surface area contributed by atoms with Crippen LogP contribution in [0, 0.1) is 0 Å². The van der Waals surface area contributed by atoms with Crippen LogP contribution in [0.4, 0.5) is 17.3 Å². The van der Waals surface area contributed by atoms with Gasteiger partial charge < -0.3 is 25.3 Å². The topological polar surface area (TPSA) is 115 Å². The fraction of sp³-hybridized carbons (Fsp3) is 0.368. The number of aromatic nitrogens is 4. The first-order chi connectivity index (χ1) is 14.1. The molecule has 1 amide bonds. The highest BCUT2D eigenvalue weighted by molar-refractivity contribution is 6.00. The lowest BCUT2D eigenvalue weighted by atomic mass is 10.2. The molecule has 3 N–H and O–H groups in total. The van der Waals surface area contributed by atoms with E-state index in [1.54, 1.807) is 34.5 Å². The number of rotatable bonds is 6. The molecule has 0 aromatic carbocycles. The fourth-order valence-corrected chi connectivity index (χ4v) is 3.27. The molecule has 0 bridgehead atoms. The van der Waals surface area contributed by atoms with Gasteiger partial charge in [0.1, 0.15) is 22.9 Å². The number of carbonyl (C=O) groups excluding carboxylic acids is 1. The molecule has 29 heavy (non-hydrogen) atoms. The zero-order valence-electron chi connectivity index (χ0n) is 15.9. The zero-order valence-corrected chi connectivity index (χ0v) is 15.9. The summed E-state index contributed by atoms with van der Waals surface area (Å²) in [5.41, 5.74) is 1.07. The van der Waals surface area contributed by atoms with Crippen molar-refractivity contribution in [3.63, 3.8) is 0 Å². The van der Waals surface area contributed by atoms with Gasteiger partial charge in [-0.3, -0.25) is 9.59 Å². The summed E-state index contributed by atoms with van der Waals surface area (Å²) in [6, 6.07) is 5.56. The van der Waals surface area contributed by atoms with Crippen LogP contribution in [0.3, 0.4) is 0 Å². The van der Waals surface area contributed by atoms with Crippen molar-refractivity contribution < 1.29 is 9.53 Å². The Morgan fingerprint density at radius 3 is 2.83 bits per heavy atom. The Balaban J connectivity index is 1.51. The van der Waals surface area contributed by atoms with Gasteiger partial charge in [-0.15, -0.1) is 0 Å². The fourth-order valence-electron chi connectivity index (χ4n) is 3.27. The summed E-state index contributed by atoms with van der Waals surface area (Å²) in [6.07, 6.45) is 5.27. The summed E-state index contributed by atoms with van der Waals surface area (Å²) in [7, 11) is 1.76. The molecule has 10 nitrogen and oxygen atoms in total. The van der Waals surface area contributed by atoms with Gasteiger partial charge in [-0.1, -0.05) is 0 Å². The molecule has 2 fully saturated rings. The van der Waals surface area contributed by atoms with Crippen molar-refractivity contribution in [1.29, 1.82) is 0 Å². The number of nitrogens with one attached hydrogen (secondary N) is 3. The number of anilines is 3. The van der Waals surface area contributed by atoms with Crippen LogP contribution in [0.25, 0.3) is 5.65 Å². The van der Waals surface area contributed by atoms with Gasteiger partial charge in [0.2, 0.25) is 0 Å². The summed E-state index contributed by atoms with van der Waals surface area (Å²) < 4.78 is 8.43. The standard InChI is InChI=1S/C19H21N7O3/c1-20-16-7-15(23-14-3-2-6-25(19(14)28)12-9-29-10-12)24-17-13(8-21-26(16)17)18(27)22-11-4-5-11/h2-3,6-8,11-12,20H,4-5,9-10H2,1H3,(H,22,27)(H,23,24). The third kappa shape index (κ3) is 3.21. The van der Waals surface area contributed by atoms with Gasteiger partial charge in [-0.05, 0) is 25.0 Å². The maximum Gasteiger partial charge on any atom is 0.274 e. The molecular weight excluding hydrogens is 374 g/mol. The van der Waals surface area contributed by atoms with Crippen molar-refractivity contribution in [3.8, 4) is 0 Å². The molecule has 1 saturated carbocycles. The maximum atomic E-state index is 12.8. The molecule has 0 spiro atoms. The minimum atomic E-state index is -0.193. The number of nitrogens with zero attached hydrogens (tertiary/aromatic N) is 4. The molecule has 1 aliphatic carbocycles. The van der Waals surface area contributed by atoms with E-state index in [0.717, 1.165) is 12.8 Å². The molecule has 4 heterocycles. The predicted molar refractivity (Wildman–Crippen MR) is 107 cm³/mol. The van der Waals surface area contributed by atoms with E-state index in [2.05, 4.69) is 26.0 Å². The average molecular weight is 395 g/mol. The lowest BCUT2D eigenvalue weighted by Crippen LogP contribution is -2.37. The van der Waals surface area contributed by atoms with Gasteiger partial charge in [-0.25, -0.2) is 4.98 Å². The summed E-state index contributed by atoms with van der Waals surface area (Å²) in [4.78, 5) is 29.9. The molecule has 0 unspecified atom stereocenters. The Labute approximate surface area is 165 Å². The second-order valence-electron chi connectivity index (χ2n) is 7.27. The second-order valence-corrected chi connectivity index (χ2v) is 7.27. The maximum absolute atomic E-state index is 12.8. The molecule has 0 atom stereocenters. The molecule has 2 aliphatic rings. The van der Waals surface area contributed by atoms with E-state index in [0.29, 0.717) is 41.7 Å². The monoisotopic (exact) mass is 395 g/mol. The van der Waals surface area contributed by atoms with E-state index >= 15 is 0 Å². The van der Waals surface area contributed by atoms with Gasteiger partial charge in [0.05, 0.1) is 25.5 Å². The molecule has 3 aromatic heterocycles. The third-order valence-electron chi connectivity index (χ3n) is 5.14. The normalized spacial score (nSPS) is 16.4. The lowest BCUT2D eigenvalue weighted by molar-refractivity contribution is -0.0247. The van der Waals surface area contributed by atoms with Crippen molar-refractivity contribution >= 4 is 28.9 Å². The minimum absolute atomic E-state index is 0.0557. The lowest BCUT2D eigenvalue weighted by Gasteiger charge is -2.28. The molecule has 3 aromatic rings. The van der Waals surface area contributed by atoms with E-state index in [-0.39, 0.29) is 23.6 Å². The second kappa shape index (κ2) is 6.89. The minimum Gasteiger partial charge on any atom is -0.377 e. The SMILES string of the molecule is CNc1cc(Nc2cccn(C3COC3)c2=O)nc2c(C(=O)NC3CC3)cnn12. The molecule has 10 heteroatoms. The Morgan fingerprint density at radius 1 is 1.31 bits per heavy atom. The van der Waals surface area contributed by atoms with Gasteiger partial charge in [0, 0.05) is 25.4 Å². The van der Waals surface area contributed by atoms with Crippen LogP contribution in [-0.2, 0) is 4.74 Å². The van der Waals surface area contributed by atoms with Crippen LogP contribution in [-0.4, -0.2) is 51.4 Å². The molecular formula is C19H21N7O3. The van der Waals surface area contributed by atoms with E-state index in [4.69, 9.17) is 4.74 Å². The van der Waals surface area contributed by atoms with Crippen molar-refractivity contribution in [2.45, 2.75) is 24.9 Å². The van der Waals surface area contributed by atoms with Crippen LogP contribution >= 0.6 is 0 Å². The first-order valence-corrected chi connectivity index (χ1v) is 9.57. The smallest absolute Gasteiger partial charge is 0.274 e. The Morgan fingerprint density at radius 2 is 2.14 bits per heavy atom. The van der Waals surface area contributed by atoms with Gasteiger partial charge in [0.25, 0.3) is 11.5 Å². The number of fused-ring (bicyclic) bond motifs is 1. The van der Waals surface area contributed by atoms with E-state index in [1.807, 2.05) is 6.07 Å². The quantitative estimate of drug-likeness (QED) is 0.573.